The molecular weight excluding hydrogens is 790 g/mol. The molecule has 1 N–H and O–H groups in total. The van der Waals surface area contributed by atoms with E-state index in [2.05, 4.69) is 0 Å². The van der Waals surface area contributed by atoms with E-state index in [1.807, 2.05) is 49.3 Å². The van der Waals surface area contributed by atoms with Gasteiger partial charge < -0.3 is 43.2 Å². The molecule has 1 heterocycles. The minimum Gasteiger partial charge on any atom is -0.462 e. The molecular formula is C46H57NO14. The van der Waals surface area contributed by atoms with Gasteiger partial charge in [0.2, 0.25) is 0 Å². The van der Waals surface area contributed by atoms with Crippen LogP contribution < -0.4 is 0 Å². The maximum Gasteiger partial charge on any atom is 0.338 e. The van der Waals surface area contributed by atoms with Crippen molar-refractivity contribution in [3.8, 4) is 0 Å². The molecule has 1 aliphatic heterocycles. The van der Waals surface area contributed by atoms with Gasteiger partial charge in [0.1, 0.15) is 30.0 Å². The third-order valence-corrected chi connectivity index (χ3v) is 13.4. The van der Waals surface area contributed by atoms with Crippen molar-refractivity contribution in [3.63, 3.8) is 0 Å². The van der Waals surface area contributed by atoms with Gasteiger partial charge in [0.15, 0.2) is 17.8 Å². The monoisotopic (exact) mass is 847 g/mol. The Morgan fingerprint density at radius 3 is 1.89 bits per heavy atom. The lowest BCUT2D eigenvalue weighted by Crippen LogP contribution is -2.82. The molecule has 0 unspecified atom stereocenters. The van der Waals surface area contributed by atoms with Crippen LogP contribution in [0.2, 0.25) is 0 Å². The summed E-state index contributed by atoms with van der Waals surface area (Å²) in [5, 5.41) is 13.8. The van der Waals surface area contributed by atoms with Crippen molar-refractivity contribution in [1.29, 1.82) is 0 Å². The predicted octanol–water partition coefficient (Wildman–Crippen LogP) is 4.83. The number of nitrogens with zero attached hydrogens (tertiary/aromatic N) is 1. The van der Waals surface area contributed by atoms with E-state index in [-0.39, 0.29) is 37.0 Å². The fourth-order valence-electron chi connectivity index (χ4n) is 10.6. The van der Waals surface area contributed by atoms with Crippen LogP contribution in [0.1, 0.15) is 96.6 Å². The van der Waals surface area contributed by atoms with Crippen LogP contribution in [0.15, 0.2) is 71.8 Å². The number of rotatable bonds is 11. The van der Waals surface area contributed by atoms with Gasteiger partial charge in [-0.05, 0) is 49.9 Å². The smallest absolute Gasteiger partial charge is 0.338 e. The largest absolute Gasteiger partial charge is 0.462 e. The number of aliphatic hydroxyl groups is 1. The molecule has 6 rings (SSSR count). The van der Waals surface area contributed by atoms with E-state index in [0.717, 1.165) is 12.5 Å². The van der Waals surface area contributed by atoms with E-state index in [9.17, 15) is 33.9 Å². The van der Waals surface area contributed by atoms with Crippen LogP contribution in [0.4, 0.5) is 0 Å². The number of esters is 6. The molecule has 4 aliphatic rings. The van der Waals surface area contributed by atoms with Crippen LogP contribution in [0.25, 0.3) is 0 Å². The Balaban J connectivity index is 1.65. The van der Waals surface area contributed by atoms with Crippen LogP contribution in [-0.4, -0.2) is 114 Å². The van der Waals surface area contributed by atoms with Gasteiger partial charge in [-0.3, -0.25) is 24.0 Å². The molecule has 0 radical (unpaired) electrons. The number of carbonyl (C=O) groups is 6. The minimum atomic E-state index is -2.23. The highest BCUT2D eigenvalue weighted by Gasteiger charge is 2.79. The van der Waals surface area contributed by atoms with Gasteiger partial charge in [0, 0.05) is 52.0 Å². The van der Waals surface area contributed by atoms with E-state index < -0.39 is 106 Å². The summed E-state index contributed by atoms with van der Waals surface area (Å²) in [5.41, 5.74) is -5.61. The first kappa shape index (κ1) is 45.4. The van der Waals surface area contributed by atoms with Crippen LogP contribution in [0.3, 0.4) is 0 Å². The van der Waals surface area contributed by atoms with Crippen LogP contribution in [0.5, 0.6) is 0 Å². The molecule has 2 bridgehead atoms. The topological polar surface area (TPSA) is 190 Å². The lowest BCUT2D eigenvalue weighted by Gasteiger charge is -2.69. The first-order valence-corrected chi connectivity index (χ1v) is 20.5. The van der Waals surface area contributed by atoms with Crippen molar-refractivity contribution in [2.75, 3.05) is 20.7 Å². The second kappa shape index (κ2) is 17.0. The number of hydrogen-bond acceptors (Lipinski definition) is 15. The lowest BCUT2D eigenvalue weighted by atomic mass is 9.44. The molecule has 3 fully saturated rings. The average Bonchev–Trinajstić information content (AvgIpc) is 3.17. The Labute approximate surface area is 356 Å². The molecule has 0 spiro atoms. The van der Waals surface area contributed by atoms with Gasteiger partial charge in [0.25, 0.3) is 0 Å². The normalized spacial score (nSPS) is 32.9. The number of fused-ring (bicyclic) bond motifs is 5. The molecule has 330 valence electrons. The second-order valence-corrected chi connectivity index (χ2v) is 17.7. The van der Waals surface area contributed by atoms with Gasteiger partial charge in [0.05, 0.1) is 29.9 Å². The molecule has 2 aromatic carbocycles. The van der Waals surface area contributed by atoms with E-state index >= 15 is 0 Å². The zero-order valence-electron chi connectivity index (χ0n) is 36.4. The first-order valence-electron chi connectivity index (χ1n) is 20.5. The highest BCUT2D eigenvalue weighted by Crippen LogP contribution is 2.66. The summed E-state index contributed by atoms with van der Waals surface area (Å²) < 4.78 is 43.8. The Morgan fingerprint density at radius 1 is 0.787 bits per heavy atom. The Bertz CT molecular complexity index is 2070. The van der Waals surface area contributed by atoms with E-state index in [1.165, 1.54) is 20.8 Å². The summed E-state index contributed by atoms with van der Waals surface area (Å²) in [6, 6.07) is 17.1. The third-order valence-electron chi connectivity index (χ3n) is 13.4. The summed E-state index contributed by atoms with van der Waals surface area (Å²) in [6.07, 6.45) is -8.74. The van der Waals surface area contributed by atoms with Crippen molar-refractivity contribution < 1.29 is 67.0 Å². The van der Waals surface area contributed by atoms with Gasteiger partial charge in [-0.15, -0.1) is 0 Å². The van der Waals surface area contributed by atoms with Crippen molar-refractivity contribution >= 4 is 35.8 Å². The highest BCUT2D eigenvalue weighted by molar-refractivity contribution is 5.89. The molecule has 11 atom stereocenters. The molecule has 15 heteroatoms. The lowest BCUT2D eigenvalue weighted by molar-refractivity contribution is -0.366. The summed E-state index contributed by atoms with van der Waals surface area (Å²) in [5.74, 6) is -5.92. The van der Waals surface area contributed by atoms with Crippen LogP contribution in [-0.2, 0) is 57.1 Å². The molecule has 1 saturated heterocycles. The number of carbonyl (C=O) groups excluding carboxylic acids is 6. The Kier molecular flexibility index (Phi) is 12.6. The SMILES string of the molecule is CC(=O)O[C@H]1C[C@H]2OC[C@@]2(OC(C)=O)[C@H]2[C@H](OC(C)=O)[C@]3(O)C[C@H](OC(=O)C[C@H](c4ccccc4)N(C)C)C(C)=C([C@@H](OC(=O)c4ccccc4)[C@H](OC(C)=O)[C@]12C)C3(C)C. The Morgan fingerprint density at radius 2 is 1.36 bits per heavy atom. The van der Waals surface area contributed by atoms with Gasteiger partial charge in [-0.25, -0.2) is 4.79 Å². The third kappa shape index (κ3) is 8.07. The van der Waals surface area contributed by atoms with E-state index in [1.54, 1.807) is 58.0 Å². The van der Waals surface area contributed by atoms with Crippen molar-refractivity contribution in [2.45, 2.75) is 129 Å². The Hall–Kier alpha value is -5.12. The molecule has 2 aromatic rings. The second-order valence-electron chi connectivity index (χ2n) is 17.7. The first-order chi connectivity index (χ1) is 28.6. The minimum absolute atomic E-state index is 0.0850. The predicted molar refractivity (Wildman–Crippen MR) is 216 cm³/mol. The molecule has 0 aromatic heterocycles. The van der Waals surface area contributed by atoms with Crippen molar-refractivity contribution in [2.24, 2.45) is 16.7 Å². The van der Waals surface area contributed by atoms with Crippen molar-refractivity contribution in [3.05, 3.63) is 82.9 Å². The van der Waals surface area contributed by atoms with Gasteiger partial charge in [-0.1, -0.05) is 69.3 Å². The average molecular weight is 848 g/mol. The quantitative estimate of drug-likeness (QED) is 0.184. The number of ether oxygens (including phenoxy) is 7. The molecule has 0 amide bonds. The van der Waals surface area contributed by atoms with Gasteiger partial charge in [-0.2, -0.15) is 0 Å². The molecule has 3 aliphatic carbocycles. The zero-order valence-corrected chi connectivity index (χ0v) is 36.4. The van der Waals surface area contributed by atoms with Gasteiger partial charge >= 0.3 is 35.8 Å². The molecule has 2 saturated carbocycles. The summed E-state index contributed by atoms with van der Waals surface area (Å²) in [7, 11) is 3.68. The molecule has 61 heavy (non-hydrogen) atoms. The summed E-state index contributed by atoms with van der Waals surface area (Å²) in [6.45, 7) is 11.1. The van der Waals surface area contributed by atoms with E-state index in [4.69, 9.17) is 33.2 Å². The summed E-state index contributed by atoms with van der Waals surface area (Å²) in [4.78, 5) is 83.6. The standard InChI is InChI=1S/C46H57NO14/c1-25-33(59-36(52)21-32(47(9)10)30-17-13-11-14-18-30)23-46(54)41(58-28(4)50)39-44(8,34(56-26(2)48)22-35-45(39,24-55-35)61-29(5)51)40(57-27(3)49)38(37(25)43(46,6)7)60-42(53)31-19-15-12-16-20-31/h11-20,32-35,38-41,54H,21-24H2,1-10H3/t32-,33+,34+,35-,38-,39+,40+,41+,44-,45+,46-/m1/s1. The maximum atomic E-state index is 14.4. The fraction of sp³-hybridized carbons (Fsp3) is 0.565. The fourth-order valence-corrected chi connectivity index (χ4v) is 10.6. The molecule has 15 nitrogen and oxygen atoms in total. The van der Waals surface area contributed by atoms with Crippen molar-refractivity contribution in [1.82, 2.24) is 4.90 Å². The number of hydrogen-bond donors (Lipinski definition) is 1. The van der Waals surface area contributed by atoms with Crippen LogP contribution >= 0.6 is 0 Å². The number of benzene rings is 2. The highest BCUT2D eigenvalue weighted by atomic mass is 16.6. The maximum absolute atomic E-state index is 14.4. The summed E-state index contributed by atoms with van der Waals surface area (Å²) >= 11 is 0. The van der Waals surface area contributed by atoms with E-state index in [0.29, 0.717) is 5.57 Å². The zero-order chi connectivity index (χ0) is 44.8. The van der Waals surface area contributed by atoms with Crippen LogP contribution in [0, 0.1) is 16.7 Å².